The Morgan fingerprint density at radius 2 is 0.692 bits per heavy atom. The molecule has 2 aromatic rings. The van der Waals surface area contributed by atoms with Crippen LogP contribution in [0.3, 0.4) is 0 Å². The molecule has 0 amide bonds. The van der Waals surface area contributed by atoms with E-state index in [9.17, 15) is 29.4 Å². The molecule has 0 saturated heterocycles. The third-order valence-corrected chi connectivity index (χ3v) is 11.5. The van der Waals surface area contributed by atoms with Crippen LogP contribution < -0.4 is 10.2 Å². The second-order valence-electron chi connectivity index (χ2n) is 17.5. The van der Waals surface area contributed by atoms with Gasteiger partial charge in [-0.05, 0) is 114 Å². The van der Waals surface area contributed by atoms with Gasteiger partial charge in [-0.15, -0.1) is 0 Å². The van der Waals surface area contributed by atoms with Gasteiger partial charge in [0, 0.05) is 25.8 Å². The van der Waals surface area contributed by atoms with Crippen molar-refractivity contribution >= 4 is 72.8 Å². The Morgan fingerprint density at radius 3 is 0.969 bits per heavy atom. The monoisotopic (exact) mass is 1030 g/mol. The maximum Gasteiger partial charge on any atom is 2.00 e. The summed E-state index contributed by atoms with van der Waals surface area (Å²) in [4.78, 5) is 43.6. The fourth-order valence-corrected chi connectivity index (χ4v) is 8.02. The van der Waals surface area contributed by atoms with Crippen molar-refractivity contribution in [2.45, 2.75) is 245 Å². The van der Waals surface area contributed by atoms with Crippen molar-refractivity contribution in [3.63, 3.8) is 0 Å². The predicted octanol–water partition coefficient (Wildman–Crippen LogP) is 11.1. The zero-order chi connectivity index (χ0) is 46.9. The fraction of sp³-hybridized carbons (Fsp3) is 0.704. The molecule has 0 N–H and O–H groups in total. The molecule has 4 unspecified atom stereocenters. The molecular formula is C54H86BaO10. The first-order chi connectivity index (χ1) is 31.0. The van der Waals surface area contributed by atoms with E-state index in [1.807, 2.05) is 12.1 Å². The summed E-state index contributed by atoms with van der Waals surface area (Å²) in [6.07, 6.45) is 27.2. The number of carboxylic acids is 2. The summed E-state index contributed by atoms with van der Waals surface area (Å²) in [5.74, 6) is -2.46. The van der Waals surface area contributed by atoms with Crippen LogP contribution in [0.5, 0.6) is 0 Å². The molecule has 0 radical (unpaired) electrons. The van der Waals surface area contributed by atoms with Gasteiger partial charge in [-0.3, -0.25) is 9.59 Å². The van der Waals surface area contributed by atoms with Crippen LogP contribution >= 0.6 is 0 Å². The number of unbranched alkanes of at least 4 members (excludes halogenated alkanes) is 12. The van der Waals surface area contributed by atoms with Crippen molar-refractivity contribution in [2.24, 2.45) is 0 Å². The number of rotatable bonds is 40. The SMILES string of the molecule is CCCC(CCCCCCCC(CCCCCC(=O)[O-])OC(C)=O)OCc1ccccc1.CCCC(CCCCCCCC(CCCCCC(=O)[O-])OC(C)=O)OCc1ccccc1.[Ba+2]. The summed E-state index contributed by atoms with van der Waals surface area (Å²) in [5.41, 5.74) is 2.46. The van der Waals surface area contributed by atoms with E-state index in [0.717, 1.165) is 116 Å². The number of ether oxygens (including phenoxy) is 4. The Morgan fingerprint density at radius 1 is 0.415 bits per heavy atom. The number of hydrogen-bond donors (Lipinski definition) is 0. The van der Waals surface area contributed by atoms with Crippen LogP contribution in [0.1, 0.15) is 219 Å². The van der Waals surface area contributed by atoms with E-state index in [1.54, 1.807) is 0 Å². The van der Waals surface area contributed by atoms with Crippen molar-refractivity contribution in [2.75, 3.05) is 0 Å². The molecule has 0 spiro atoms. The zero-order valence-electron chi connectivity index (χ0n) is 41.1. The second-order valence-corrected chi connectivity index (χ2v) is 17.5. The molecule has 0 saturated carbocycles. The Bertz CT molecular complexity index is 1320. The topological polar surface area (TPSA) is 151 Å². The summed E-state index contributed by atoms with van der Waals surface area (Å²) < 4.78 is 23.2. The standard InChI is InChI=1S/2C27H44O5.Ba/c2*1-3-15-25(31-22-24-16-9-7-10-17-24)18-11-5-4-6-12-19-26(32-23(2)28)20-13-8-14-21-27(29)30;/h2*7,9-10,16-17,25-26H,3-6,8,11-15,18-22H2,1-2H3,(H,29,30);/q;;+2/p-2. The van der Waals surface area contributed by atoms with Crippen LogP contribution in [0, 0.1) is 0 Å². The summed E-state index contributed by atoms with van der Waals surface area (Å²) in [7, 11) is 0. The Balaban J connectivity index is 0.00000124. The molecule has 0 aliphatic heterocycles. The van der Waals surface area contributed by atoms with Crippen molar-refractivity contribution in [1.82, 2.24) is 0 Å². The number of carbonyl (C=O) groups excluding carboxylic acids is 4. The molecule has 2 rings (SSSR count). The molecule has 0 bridgehead atoms. The molecular weight excluding hydrogens is 946 g/mol. The van der Waals surface area contributed by atoms with Gasteiger partial charge in [0.25, 0.3) is 0 Å². The van der Waals surface area contributed by atoms with Crippen LogP contribution in [0.25, 0.3) is 0 Å². The minimum atomic E-state index is -0.995. The van der Waals surface area contributed by atoms with Gasteiger partial charge in [0.2, 0.25) is 0 Å². The molecule has 2 aromatic carbocycles. The molecule has 0 fully saturated rings. The van der Waals surface area contributed by atoms with Gasteiger partial charge < -0.3 is 38.7 Å². The van der Waals surface area contributed by atoms with Crippen molar-refractivity contribution < 1.29 is 48.3 Å². The number of benzene rings is 2. The second kappa shape index (κ2) is 44.3. The van der Waals surface area contributed by atoms with Crippen LogP contribution in [0.15, 0.2) is 60.7 Å². The Labute approximate surface area is 434 Å². The zero-order valence-corrected chi connectivity index (χ0v) is 45.5. The summed E-state index contributed by atoms with van der Waals surface area (Å²) in [5, 5.41) is 20.9. The molecule has 4 atom stereocenters. The average molecular weight is 1030 g/mol. The van der Waals surface area contributed by atoms with E-state index in [1.165, 1.54) is 63.5 Å². The number of esters is 2. The van der Waals surface area contributed by atoms with E-state index < -0.39 is 11.9 Å². The average Bonchev–Trinajstić information content (AvgIpc) is 3.26. The first-order valence-electron chi connectivity index (χ1n) is 25.1. The van der Waals surface area contributed by atoms with Crippen molar-refractivity contribution in [3.05, 3.63) is 71.8 Å². The van der Waals surface area contributed by atoms with Gasteiger partial charge >= 0.3 is 60.8 Å². The van der Waals surface area contributed by atoms with Crippen molar-refractivity contribution in [1.29, 1.82) is 0 Å². The van der Waals surface area contributed by atoms with Gasteiger partial charge in [-0.2, -0.15) is 0 Å². The van der Waals surface area contributed by atoms with E-state index in [2.05, 4.69) is 62.4 Å². The molecule has 65 heavy (non-hydrogen) atoms. The fourth-order valence-electron chi connectivity index (χ4n) is 8.02. The van der Waals surface area contributed by atoms with Crippen molar-refractivity contribution in [3.8, 4) is 0 Å². The van der Waals surface area contributed by atoms with Crippen LogP contribution in [-0.4, -0.2) is 97.2 Å². The van der Waals surface area contributed by atoms with Gasteiger partial charge in [0.05, 0.1) is 25.4 Å². The van der Waals surface area contributed by atoms with Crippen LogP contribution in [-0.2, 0) is 51.3 Å². The number of aliphatic carboxylic acids is 2. The van der Waals surface area contributed by atoms with E-state index in [-0.39, 0.29) is 85.9 Å². The first-order valence-corrected chi connectivity index (χ1v) is 25.1. The van der Waals surface area contributed by atoms with Gasteiger partial charge in [0.15, 0.2) is 0 Å². The Kier molecular flexibility index (Phi) is 42.8. The third-order valence-electron chi connectivity index (χ3n) is 11.5. The number of carbonyl (C=O) groups is 4. The molecule has 10 nitrogen and oxygen atoms in total. The van der Waals surface area contributed by atoms with Crippen LogP contribution in [0.4, 0.5) is 0 Å². The molecule has 0 aromatic heterocycles. The van der Waals surface area contributed by atoms with Gasteiger partial charge in [0.1, 0.15) is 12.2 Å². The van der Waals surface area contributed by atoms with Crippen LogP contribution in [0.2, 0.25) is 0 Å². The number of carboxylic acid groups (broad SMARTS) is 2. The van der Waals surface area contributed by atoms with E-state index in [0.29, 0.717) is 38.3 Å². The maximum atomic E-state index is 11.3. The predicted molar refractivity (Wildman–Crippen MR) is 258 cm³/mol. The molecule has 0 heterocycles. The number of hydrogen-bond acceptors (Lipinski definition) is 10. The normalized spacial score (nSPS) is 12.7. The van der Waals surface area contributed by atoms with E-state index in [4.69, 9.17) is 18.9 Å². The summed E-state index contributed by atoms with van der Waals surface area (Å²) in [6.45, 7) is 8.71. The smallest absolute Gasteiger partial charge is 0.550 e. The minimum absolute atomic E-state index is 0. The third kappa shape index (κ3) is 40.6. The van der Waals surface area contributed by atoms with Gasteiger partial charge in [-0.1, -0.05) is 152 Å². The molecule has 0 aliphatic carbocycles. The quantitative estimate of drug-likeness (QED) is 0.0358. The molecule has 11 heteroatoms. The van der Waals surface area contributed by atoms with Gasteiger partial charge in [-0.25, -0.2) is 0 Å². The summed E-state index contributed by atoms with van der Waals surface area (Å²) >= 11 is 0. The minimum Gasteiger partial charge on any atom is -0.550 e. The first kappa shape index (κ1) is 62.8. The summed E-state index contributed by atoms with van der Waals surface area (Å²) in [6, 6.07) is 20.7. The largest absolute Gasteiger partial charge is 2.00 e. The molecule has 0 aliphatic rings. The Hall–Kier alpha value is -2.19. The molecule has 364 valence electrons. The van der Waals surface area contributed by atoms with E-state index >= 15 is 0 Å². The maximum absolute atomic E-state index is 11.3.